The van der Waals surface area contributed by atoms with Crippen molar-refractivity contribution in [3.8, 4) is 0 Å². The van der Waals surface area contributed by atoms with Crippen LogP contribution in [0.3, 0.4) is 0 Å². The summed E-state index contributed by atoms with van der Waals surface area (Å²) in [4.78, 5) is 39.4. The smallest absolute Gasteiger partial charge is 0.408 e. The second-order valence-corrected chi connectivity index (χ2v) is 8.37. The summed E-state index contributed by atoms with van der Waals surface area (Å²) in [5.41, 5.74) is 2.49. The van der Waals surface area contributed by atoms with Crippen LogP contribution in [0.15, 0.2) is 54.6 Å². The number of morpholine rings is 1. The molecule has 0 aromatic heterocycles. The summed E-state index contributed by atoms with van der Waals surface area (Å²) in [7, 11) is 0. The SMILES string of the molecule is CC[C@H](C)[C@H](NC(=O)OCc1ccccc1)C(=O)OCC(=O)Nc1ccc(N2CCOCC2)cc1. The van der Waals surface area contributed by atoms with E-state index < -0.39 is 30.6 Å². The van der Waals surface area contributed by atoms with Gasteiger partial charge >= 0.3 is 12.1 Å². The van der Waals surface area contributed by atoms with Crippen LogP contribution in [-0.4, -0.2) is 56.9 Å². The maximum atomic E-state index is 12.6. The minimum Gasteiger partial charge on any atom is -0.454 e. The van der Waals surface area contributed by atoms with E-state index in [-0.39, 0.29) is 12.5 Å². The van der Waals surface area contributed by atoms with Crippen molar-refractivity contribution >= 4 is 29.3 Å². The predicted octanol–water partition coefficient (Wildman–Crippen LogP) is 3.35. The fraction of sp³-hybridized carbons (Fsp3) is 0.423. The number of alkyl carbamates (subject to hydrolysis) is 1. The zero-order valence-electron chi connectivity index (χ0n) is 20.2. The Morgan fingerprint density at radius 2 is 1.69 bits per heavy atom. The first-order valence-electron chi connectivity index (χ1n) is 11.8. The van der Waals surface area contributed by atoms with Gasteiger partial charge in [0.15, 0.2) is 6.61 Å². The molecule has 2 atom stereocenters. The van der Waals surface area contributed by atoms with Crippen LogP contribution in [0.5, 0.6) is 0 Å². The Morgan fingerprint density at radius 3 is 2.34 bits per heavy atom. The summed E-state index contributed by atoms with van der Waals surface area (Å²) < 4.78 is 15.8. The number of amides is 2. The number of rotatable bonds is 10. The molecular weight excluding hydrogens is 450 g/mol. The summed E-state index contributed by atoms with van der Waals surface area (Å²) in [5, 5.41) is 5.28. The van der Waals surface area contributed by atoms with Crippen LogP contribution in [0.25, 0.3) is 0 Å². The standard InChI is InChI=1S/C26H33N3O6/c1-3-19(2)24(28-26(32)35-17-20-7-5-4-6-8-20)25(31)34-18-23(30)27-21-9-11-22(12-10-21)29-13-15-33-16-14-29/h4-12,19,24H,3,13-18H2,1-2H3,(H,27,30)(H,28,32)/t19-,24-/m0/s1. The van der Waals surface area contributed by atoms with E-state index in [1.165, 1.54) is 0 Å². The molecule has 1 fully saturated rings. The van der Waals surface area contributed by atoms with Gasteiger partial charge in [-0.05, 0) is 35.7 Å². The number of carbonyl (C=O) groups excluding carboxylic acids is 3. The molecule has 3 rings (SSSR count). The van der Waals surface area contributed by atoms with E-state index in [2.05, 4.69) is 15.5 Å². The second kappa shape index (κ2) is 13.3. The van der Waals surface area contributed by atoms with Gasteiger partial charge in [-0.1, -0.05) is 50.6 Å². The van der Waals surface area contributed by atoms with E-state index >= 15 is 0 Å². The van der Waals surface area contributed by atoms with E-state index in [9.17, 15) is 14.4 Å². The topological polar surface area (TPSA) is 106 Å². The molecule has 9 heteroatoms. The molecule has 1 heterocycles. The summed E-state index contributed by atoms with van der Waals surface area (Å²) >= 11 is 0. The van der Waals surface area contributed by atoms with Crippen molar-refractivity contribution in [3.63, 3.8) is 0 Å². The average Bonchev–Trinajstić information content (AvgIpc) is 2.90. The highest BCUT2D eigenvalue weighted by atomic mass is 16.6. The molecule has 188 valence electrons. The van der Waals surface area contributed by atoms with Crippen LogP contribution in [0.1, 0.15) is 25.8 Å². The third kappa shape index (κ3) is 8.29. The number of hydrogen-bond donors (Lipinski definition) is 2. The number of anilines is 2. The van der Waals surface area contributed by atoms with Crippen LogP contribution < -0.4 is 15.5 Å². The van der Waals surface area contributed by atoms with Crippen molar-refractivity contribution < 1.29 is 28.6 Å². The lowest BCUT2D eigenvalue weighted by atomic mass is 9.99. The maximum absolute atomic E-state index is 12.6. The minimum atomic E-state index is -0.927. The molecule has 0 bridgehead atoms. The van der Waals surface area contributed by atoms with E-state index in [1.807, 2.05) is 56.3 Å². The zero-order chi connectivity index (χ0) is 25.0. The molecule has 35 heavy (non-hydrogen) atoms. The van der Waals surface area contributed by atoms with E-state index in [0.29, 0.717) is 25.3 Å². The van der Waals surface area contributed by atoms with Gasteiger partial charge in [0, 0.05) is 24.5 Å². The fourth-order valence-corrected chi connectivity index (χ4v) is 3.56. The first-order chi connectivity index (χ1) is 17.0. The fourth-order valence-electron chi connectivity index (χ4n) is 3.56. The average molecular weight is 484 g/mol. The number of ether oxygens (including phenoxy) is 3. The van der Waals surface area contributed by atoms with Gasteiger partial charge in [-0.2, -0.15) is 0 Å². The lowest BCUT2D eigenvalue weighted by molar-refractivity contribution is -0.150. The van der Waals surface area contributed by atoms with Crippen molar-refractivity contribution in [1.82, 2.24) is 5.32 Å². The third-order valence-electron chi connectivity index (χ3n) is 5.83. The number of carbonyl (C=O) groups is 3. The highest BCUT2D eigenvalue weighted by Crippen LogP contribution is 2.19. The number of hydrogen-bond acceptors (Lipinski definition) is 7. The van der Waals surface area contributed by atoms with Crippen LogP contribution in [0, 0.1) is 5.92 Å². The Kier molecular flexibility index (Phi) is 9.92. The maximum Gasteiger partial charge on any atom is 0.408 e. The van der Waals surface area contributed by atoms with Gasteiger partial charge < -0.3 is 29.7 Å². The van der Waals surface area contributed by atoms with Gasteiger partial charge in [-0.15, -0.1) is 0 Å². The lowest BCUT2D eigenvalue weighted by Gasteiger charge is -2.28. The highest BCUT2D eigenvalue weighted by Gasteiger charge is 2.28. The third-order valence-corrected chi connectivity index (χ3v) is 5.83. The molecular formula is C26H33N3O6. The number of nitrogens with zero attached hydrogens (tertiary/aromatic N) is 1. The summed E-state index contributed by atoms with van der Waals surface area (Å²) in [5.74, 6) is -1.36. The van der Waals surface area contributed by atoms with Crippen LogP contribution >= 0.6 is 0 Å². The molecule has 1 aliphatic rings. The van der Waals surface area contributed by atoms with E-state index in [0.717, 1.165) is 24.3 Å². The van der Waals surface area contributed by atoms with Crippen LogP contribution in [0.4, 0.5) is 16.2 Å². The molecule has 2 aromatic carbocycles. The molecule has 9 nitrogen and oxygen atoms in total. The number of nitrogens with one attached hydrogen (secondary N) is 2. The Morgan fingerprint density at radius 1 is 1.00 bits per heavy atom. The van der Waals surface area contributed by atoms with E-state index in [4.69, 9.17) is 14.2 Å². The molecule has 0 unspecified atom stereocenters. The largest absolute Gasteiger partial charge is 0.454 e. The summed E-state index contributed by atoms with van der Waals surface area (Å²) in [6, 6.07) is 15.8. The van der Waals surface area contributed by atoms with Gasteiger partial charge in [-0.25, -0.2) is 9.59 Å². The Bertz CT molecular complexity index is 961. The first kappa shape index (κ1) is 26.0. The quantitative estimate of drug-likeness (QED) is 0.499. The normalized spacial score (nSPS) is 15.0. The zero-order valence-corrected chi connectivity index (χ0v) is 20.2. The van der Waals surface area contributed by atoms with Gasteiger partial charge in [0.1, 0.15) is 12.6 Å². The van der Waals surface area contributed by atoms with Crippen LogP contribution in [-0.2, 0) is 30.4 Å². The molecule has 2 aromatic rings. The van der Waals surface area contributed by atoms with Crippen molar-refractivity contribution in [2.75, 3.05) is 43.1 Å². The number of esters is 1. The first-order valence-corrected chi connectivity index (χ1v) is 11.8. The van der Waals surface area contributed by atoms with Gasteiger partial charge in [0.25, 0.3) is 5.91 Å². The molecule has 1 aliphatic heterocycles. The molecule has 0 saturated carbocycles. The van der Waals surface area contributed by atoms with E-state index in [1.54, 1.807) is 12.1 Å². The summed E-state index contributed by atoms with van der Waals surface area (Å²) in [6.07, 6.45) is -0.0960. The van der Waals surface area contributed by atoms with Crippen molar-refractivity contribution in [1.29, 1.82) is 0 Å². The molecule has 2 amide bonds. The van der Waals surface area contributed by atoms with Gasteiger partial charge in [0.05, 0.1) is 13.2 Å². The molecule has 0 aliphatic carbocycles. The van der Waals surface area contributed by atoms with Gasteiger partial charge in [0.2, 0.25) is 0 Å². The predicted molar refractivity (Wildman–Crippen MR) is 132 cm³/mol. The Labute approximate surface area is 205 Å². The molecule has 0 spiro atoms. The Hall–Kier alpha value is -3.59. The lowest BCUT2D eigenvalue weighted by Crippen LogP contribution is -2.46. The summed E-state index contributed by atoms with van der Waals surface area (Å²) in [6.45, 7) is 6.38. The second-order valence-electron chi connectivity index (χ2n) is 8.37. The molecule has 1 saturated heterocycles. The number of benzene rings is 2. The minimum absolute atomic E-state index is 0.0850. The van der Waals surface area contributed by atoms with Crippen LogP contribution in [0.2, 0.25) is 0 Å². The van der Waals surface area contributed by atoms with Crippen molar-refractivity contribution in [2.24, 2.45) is 5.92 Å². The van der Waals surface area contributed by atoms with Crippen molar-refractivity contribution in [3.05, 3.63) is 60.2 Å². The molecule has 2 N–H and O–H groups in total. The molecule has 0 radical (unpaired) electrons. The van der Waals surface area contributed by atoms with Gasteiger partial charge in [-0.3, -0.25) is 4.79 Å². The highest BCUT2D eigenvalue weighted by molar-refractivity contribution is 5.93. The van der Waals surface area contributed by atoms with Crippen molar-refractivity contribution in [2.45, 2.75) is 32.9 Å². The monoisotopic (exact) mass is 483 g/mol. The Balaban J connectivity index is 1.46.